The molecule has 0 unspecified atom stereocenters. The fourth-order valence-corrected chi connectivity index (χ4v) is 2.76. The highest BCUT2D eigenvalue weighted by atomic mass is 16.5. The first-order chi connectivity index (χ1) is 13.6. The molecule has 0 aliphatic heterocycles. The van der Waals surface area contributed by atoms with Gasteiger partial charge in [0.1, 0.15) is 12.2 Å². The van der Waals surface area contributed by atoms with Gasteiger partial charge in [-0.3, -0.25) is 0 Å². The number of ether oxygens (including phenoxy) is 1. The van der Waals surface area contributed by atoms with Crippen molar-refractivity contribution in [2.75, 3.05) is 6.61 Å². The van der Waals surface area contributed by atoms with Gasteiger partial charge in [-0.2, -0.15) is 4.98 Å². The van der Waals surface area contributed by atoms with Gasteiger partial charge in [0.2, 0.25) is 23.5 Å². The first-order valence-corrected chi connectivity index (χ1v) is 9.08. The summed E-state index contributed by atoms with van der Waals surface area (Å²) < 4.78 is 16.5. The van der Waals surface area contributed by atoms with Crippen LogP contribution in [0.15, 0.2) is 51.4 Å². The molecule has 0 radical (unpaired) electrons. The molecule has 0 amide bonds. The van der Waals surface area contributed by atoms with Crippen LogP contribution in [0.1, 0.15) is 29.8 Å². The number of aromatic nitrogens is 4. The third-order valence-electron chi connectivity index (χ3n) is 4.41. The van der Waals surface area contributed by atoms with Crippen molar-refractivity contribution in [3.63, 3.8) is 0 Å². The summed E-state index contributed by atoms with van der Waals surface area (Å²) in [5.74, 6) is 2.63. The zero-order valence-electron chi connectivity index (χ0n) is 16.0. The van der Waals surface area contributed by atoms with E-state index in [9.17, 15) is 0 Å². The smallest absolute Gasteiger partial charge is 0.247 e. The molecule has 4 aromatic rings. The third kappa shape index (κ3) is 3.78. The molecular formula is C21H20N4O3. The van der Waals surface area contributed by atoms with E-state index in [0.717, 1.165) is 16.9 Å². The van der Waals surface area contributed by atoms with Crippen LogP contribution in [0.3, 0.4) is 0 Å². The zero-order valence-corrected chi connectivity index (χ0v) is 16.0. The van der Waals surface area contributed by atoms with Gasteiger partial charge in [-0.15, -0.1) is 10.2 Å². The van der Waals surface area contributed by atoms with Gasteiger partial charge in [-0.05, 0) is 68.3 Å². The minimum atomic E-state index is 0.280. The first kappa shape index (κ1) is 17.9. The van der Waals surface area contributed by atoms with E-state index in [2.05, 4.69) is 34.2 Å². The first-order valence-electron chi connectivity index (χ1n) is 9.08. The van der Waals surface area contributed by atoms with Crippen LogP contribution in [0.2, 0.25) is 0 Å². The molecule has 142 valence electrons. The Bertz CT molecular complexity index is 1080. The monoisotopic (exact) mass is 376 g/mol. The Morgan fingerprint density at radius 2 is 1.68 bits per heavy atom. The molecule has 0 saturated heterocycles. The van der Waals surface area contributed by atoms with Crippen LogP contribution in [0, 0.1) is 13.8 Å². The molecular weight excluding hydrogens is 356 g/mol. The number of benzene rings is 2. The van der Waals surface area contributed by atoms with Crippen LogP contribution < -0.4 is 4.74 Å². The Balaban J connectivity index is 1.48. The van der Waals surface area contributed by atoms with Crippen LogP contribution in [-0.2, 0) is 6.42 Å². The molecule has 28 heavy (non-hydrogen) atoms. The van der Waals surface area contributed by atoms with Gasteiger partial charge in [-0.1, -0.05) is 11.2 Å². The van der Waals surface area contributed by atoms with Gasteiger partial charge >= 0.3 is 0 Å². The quantitative estimate of drug-likeness (QED) is 0.493. The van der Waals surface area contributed by atoms with Crippen LogP contribution in [-0.4, -0.2) is 26.9 Å². The Kier molecular flexibility index (Phi) is 4.89. The van der Waals surface area contributed by atoms with Gasteiger partial charge in [0.25, 0.3) is 0 Å². The van der Waals surface area contributed by atoms with E-state index in [4.69, 9.17) is 13.7 Å². The topological polar surface area (TPSA) is 87.1 Å². The van der Waals surface area contributed by atoms with E-state index in [0.29, 0.717) is 30.1 Å². The summed E-state index contributed by atoms with van der Waals surface area (Å²) in [6.07, 6.45) is 0.280. The van der Waals surface area contributed by atoms with E-state index >= 15 is 0 Å². The fourth-order valence-electron chi connectivity index (χ4n) is 2.76. The number of rotatable bonds is 6. The second kappa shape index (κ2) is 7.64. The van der Waals surface area contributed by atoms with Crippen LogP contribution >= 0.6 is 0 Å². The summed E-state index contributed by atoms with van der Waals surface area (Å²) >= 11 is 0. The van der Waals surface area contributed by atoms with Crippen molar-refractivity contribution >= 4 is 0 Å². The molecule has 0 saturated carbocycles. The minimum absolute atomic E-state index is 0.280. The van der Waals surface area contributed by atoms with Crippen molar-refractivity contribution < 1.29 is 13.7 Å². The lowest BCUT2D eigenvalue weighted by atomic mass is 10.1. The molecule has 2 aromatic heterocycles. The standard InChI is InChI=1S/C21H20N4O3/c1-4-26-17-9-7-15(8-10-17)20-22-18(28-25-20)12-19-23-24-21(27-19)16-6-5-13(2)14(3)11-16/h5-11H,4,12H2,1-3H3. The number of hydrogen-bond acceptors (Lipinski definition) is 7. The molecule has 7 nitrogen and oxygen atoms in total. The highest BCUT2D eigenvalue weighted by molar-refractivity contribution is 5.56. The summed E-state index contributed by atoms with van der Waals surface area (Å²) in [5.41, 5.74) is 4.13. The molecule has 0 bridgehead atoms. The highest BCUT2D eigenvalue weighted by Crippen LogP contribution is 2.23. The normalized spacial score (nSPS) is 11.0. The van der Waals surface area contributed by atoms with E-state index in [-0.39, 0.29) is 6.42 Å². The Hall–Kier alpha value is -3.48. The molecule has 7 heteroatoms. The zero-order chi connectivity index (χ0) is 19.5. The molecule has 0 fully saturated rings. The van der Waals surface area contributed by atoms with E-state index in [1.54, 1.807) is 0 Å². The van der Waals surface area contributed by atoms with Crippen molar-refractivity contribution in [1.29, 1.82) is 0 Å². The predicted octanol–water partition coefficient (Wildman–Crippen LogP) is 4.39. The second-order valence-electron chi connectivity index (χ2n) is 6.45. The number of nitrogens with zero attached hydrogens (tertiary/aromatic N) is 4. The van der Waals surface area contributed by atoms with Gasteiger partial charge in [0, 0.05) is 11.1 Å². The molecule has 0 atom stereocenters. The van der Waals surface area contributed by atoms with Gasteiger partial charge < -0.3 is 13.7 Å². The van der Waals surface area contributed by atoms with Gasteiger partial charge in [0.15, 0.2) is 0 Å². The Morgan fingerprint density at radius 1 is 0.893 bits per heavy atom. The largest absolute Gasteiger partial charge is 0.494 e. The molecule has 2 aromatic carbocycles. The van der Waals surface area contributed by atoms with Crippen molar-refractivity contribution in [3.05, 3.63) is 65.4 Å². The fraction of sp³-hybridized carbons (Fsp3) is 0.238. The maximum absolute atomic E-state index is 5.76. The molecule has 0 N–H and O–H groups in total. The molecule has 0 spiro atoms. The van der Waals surface area contributed by atoms with Gasteiger partial charge in [-0.25, -0.2) is 0 Å². The predicted molar refractivity (Wildman–Crippen MR) is 103 cm³/mol. The average molecular weight is 376 g/mol. The van der Waals surface area contributed by atoms with E-state index < -0.39 is 0 Å². The SMILES string of the molecule is CCOc1ccc(-c2noc(Cc3nnc(-c4ccc(C)c(C)c4)o3)n2)cc1. The lowest BCUT2D eigenvalue weighted by Crippen LogP contribution is -1.91. The van der Waals surface area contributed by atoms with Gasteiger partial charge in [0.05, 0.1) is 6.61 Å². The molecule has 0 aliphatic rings. The van der Waals surface area contributed by atoms with E-state index in [1.165, 1.54) is 11.1 Å². The lowest BCUT2D eigenvalue weighted by Gasteiger charge is -2.02. The lowest BCUT2D eigenvalue weighted by molar-refractivity contribution is 0.340. The minimum Gasteiger partial charge on any atom is -0.494 e. The highest BCUT2D eigenvalue weighted by Gasteiger charge is 2.15. The Morgan fingerprint density at radius 3 is 2.43 bits per heavy atom. The molecule has 4 rings (SSSR count). The second-order valence-corrected chi connectivity index (χ2v) is 6.45. The van der Waals surface area contributed by atoms with Crippen molar-refractivity contribution in [2.24, 2.45) is 0 Å². The summed E-state index contributed by atoms with van der Waals surface area (Å²) in [7, 11) is 0. The maximum Gasteiger partial charge on any atom is 0.247 e. The molecule has 2 heterocycles. The van der Waals surface area contributed by atoms with Crippen molar-refractivity contribution in [3.8, 4) is 28.6 Å². The van der Waals surface area contributed by atoms with E-state index in [1.807, 2.05) is 49.4 Å². The van der Waals surface area contributed by atoms with Crippen molar-refractivity contribution in [1.82, 2.24) is 20.3 Å². The summed E-state index contributed by atoms with van der Waals surface area (Å²) in [5, 5.41) is 12.2. The van der Waals surface area contributed by atoms with Crippen LogP contribution in [0.5, 0.6) is 5.75 Å². The number of aryl methyl sites for hydroxylation is 2. The third-order valence-corrected chi connectivity index (χ3v) is 4.41. The average Bonchev–Trinajstić information content (AvgIpc) is 3.35. The summed E-state index contributed by atoms with van der Waals surface area (Å²) in [6.45, 7) is 6.69. The summed E-state index contributed by atoms with van der Waals surface area (Å²) in [4.78, 5) is 4.41. The van der Waals surface area contributed by atoms with Crippen molar-refractivity contribution in [2.45, 2.75) is 27.2 Å². The van der Waals surface area contributed by atoms with Crippen LogP contribution in [0.25, 0.3) is 22.8 Å². The molecule has 0 aliphatic carbocycles. The van der Waals surface area contributed by atoms with Crippen LogP contribution in [0.4, 0.5) is 0 Å². The Labute approximate surface area is 162 Å². The summed E-state index contributed by atoms with van der Waals surface area (Å²) in [6, 6.07) is 13.6. The number of hydrogen-bond donors (Lipinski definition) is 0. The maximum atomic E-state index is 5.76.